The third kappa shape index (κ3) is 4.95. The Morgan fingerprint density at radius 3 is 2.15 bits per heavy atom. The van der Waals surface area contributed by atoms with Crippen LogP contribution in [0.3, 0.4) is 0 Å². The summed E-state index contributed by atoms with van der Waals surface area (Å²) >= 11 is 0. The zero-order valence-electron chi connectivity index (χ0n) is 28.0. The van der Waals surface area contributed by atoms with E-state index in [4.69, 9.17) is 9.41 Å². The van der Waals surface area contributed by atoms with E-state index in [2.05, 4.69) is 130 Å². The summed E-state index contributed by atoms with van der Waals surface area (Å²) in [7, 11) is 0. The molecule has 0 spiro atoms. The van der Waals surface area contributed by atoms with Gasteiger partial charge in [-0.2, -0.15) is 5.26 Å². The van der Waals surface area contributed by atoms with Gasteiger partial charge in [0.15, 0.2) is 0 Å². The first-order valence-corrected chi connectivity index (χ1v) is 17.4. The normalized spacial score (nSPS) is 15.9. The first-order chi connectivity index (χ1) is 25.7. The first-order valence-electron chi connectivity index (χ1n) is 17.4. The molecule has 0 saturated carbocycles. The van der Waals surface area contributed by atoms with Gasteiger partial charge >= 0.3 is 0 Å². The second-order valence-electron chi connectivity index (χ2n) is 13.2. The quantitative estimate of drug-likeness (QED) is 0.191. The molecule has 0 fully saturated rings. The number of nitrogens with one attached hydrogen (secondary N) is 2. The molecule has 0 aliphatic carbocycles. The van der Waals surface area contributed by atoms with Crippen LogP contribution in [0.2, 0.25) is 0 Å². The van der Waals surface area contributed by atoms with Gasteiger partial charge in [0.1, 0.15) is 29.3 Å². The van der Waals surface area contributed by atoms with Gasteiger partial charge in [-0.3, -0.25) is 5.32 Å². The highest BCUT2D eigenvalue weighted by Crippen LogP contribution is 2.40. The van der Waals surface area contributed by atoms with Crippen molar-refractivity contribution < 1.29 is 4.42 Å². The Morgan fingerprint density at radius 1 is 0.596 bits per heavy atom. The van der Waals surface area contributed by atoms with Crippen molar-refractivity contribution in [1.82, 2.24) is 15.2 Å². The number of benzene rings is 7. The molecule has 3 heterocycles. The molecule has 7 aromatic carbocycles. The second kappa shape index (κ2) is 12.1. The number of nitriles is 1. The highest BCUT2D eigenvalue weighted by molar-refractivity contribution is 6.13. The minimum Gasteiger partial charge on any atom is -0.455 e. The molecule has 2 N–H and O–H groups in total. The summed E-state index contributed by atoms with van der Waals surface area (Å²) in [5.41, 5.74) is 10.8. The van der Waals surface area contributed by atoms with Crippen molar-refractivity contribution in [2.75, 3.05) is 0 Å². The number of nitrogens with zero attached hydrogens (tertiary/aromatic N) is 3. The van der Waals surface area contributed by atoms with Crippen molar-refractivity contribution in [3.63, 3.8) is 0 Å². The van der Waals surface area contributed by atoms with Crippen molar-refractivity contribution in [2.24, 2.45) is 4.99 Å². The van der Waals surface area contributed by atoms with Crippen LogP contribution < -0.4 is 10.6 Å². The molecule has 0 saturated heterocycles. The molecular formula is C46H31N5O. The van der Waals surface area contributed by atoms with E-state index in [0.29, 0.717) is 5.56 Å². The molecule has 0 radical (unpaired) electrons. The zero-order valence-corrected chi connectivity index (χ0v) is 28.0. The molecular weight excluding hydrogens is 639 g/mol. The zero-order chi connectivity index (χ0) is 34.6. The molecule has 1 aliphatic rings. The Kier molecular flexibility index (Phi) is 6.98. The molecule has 2 atom stereocenters. The molecule has 6 heteroatoms. The van der Waals surface area contributed by atoms with Gasteiger partial charge in [-0.25, -0.2) is 4.99 Å². The molecule has 6 nitrogen and oxygen atoms in total. The Bertz CT molecular complexity index is 2880. The van der Waals surface area contributed by atoms with E-state index in [0.717, 1.165) is 83.1 Å². The van der Waals surface area contributed by atoms with Crippen LogP contribution in [-0.4, -0.2) is 10.4 Å². The fourth-order valence-corrected chi connectivity index (χ4v) is 7.64. The maximum Gasteiger partial charge on any atom is 0.143 e. The second-order valence-corrected chi connectivity index (χ2v) is 13.2. The summed E-state index contributed by atoms with van der Waals surface area (Å²) in [6.07, 6.45) is -0.425. The number of amidine groups is 1. The molecule has 0 amide bonds. The SMILES string of the molecule is N#Cc1ccc2c(c1)c1cc(-c3cccc4c3oc3ccccc34)ccc1n2-c1cccc(C2N=C(c3ccccc3)NC(c3ccccc3)N2)c1. The number of aromatic nitrogens is 1. The molecule has 1 aliphatic heterocycles. The van der Waals surface area contributed by atoms with Gasteiger partial charge in [0.25, 0.3) is 0 Å². The number of rotatable bonds is 5. The molecule has 0 bridgehead atoms. The van der Waals surface area contributed by atoms with Gasteiger partial charge in [-0.1, -0.05) is 115 Å². The van der Waals surface area contributed by atoms with Gasteiger partial charge in [0.05, 0.1) is 22.7 Å². The predicted molar refractivity (Wildman–Crippen MR) is 209 cm³/mol. The summed E-state index contributed by atoms with van der Waals surface area (Å²) in [5.74, 6) is 0.844. The summed E-state index contributed by atoms with van der Waals surface area (Å²) in [6.45, 7) is 0. The van der Waals surface area contributed by atoms with E-state index in [1.54, 1.807) is 0 Å². The summed E-state index contributed by atoms with van der Waals surface area (Å²) < 4.78 is 8.71. The molecule has 246 valence electrons. The largest absolute Gasteiger partial charge is 0.455 e. The fraction of sp³-hybridized carbons (Fsp3) is 0.0435. The van der Waals surface area contributed by atoms with Gasteiger partial charge in [0, 0.05) is 38.4 Å². The molecule has 9 aromatic rings. The fourth-order valence-electron chi connectivity index (χ4n) is 7.64. The van der Waals surface area contributed by atoms with Gasteiger partial charge in [-0.05, 0) is 65.2 Å². The number of hydrogen-bond acceptors (Lipinski definition) is 5. The van der Waals surface area contributed by atoms with Crippen LogP contribution >= 0.6 is 0 Å². The Hall–Kier alpha value is -6.94. The van der Waals surface area contributed by atoms with E-state index in [9.17, 15) is 5.26 Å². The van der Waals surface area contributed by atoms with Crippen LogP contribution in [0.1, 0.15) is 34.6 Å². The monoisotopic (exact) mass is 669 g/mol. The maximum absolute atomic E-state index is 9.91. The van der Waals surface area contributed by atoms with Crippen LogP contribution in [0, 0.1) is 11.3 Å². The van der Waals surface area contributed by atoms with Crippen molar-refractivity contribution >= 4 is 49.6 Å². The molecule has 2 unspecified atom stereocenters. The molecule has 10 rings (SSSR count). The van der Waals surface area contributed by atoms with Crippen LogP contribution in [0.5, 0.6) is 0 Å². The van der Waals surface area contributed by atoms with E-state index in [1.807, 2.05) is 54.6 Å². The lowest BCUT2D eigenvalue weighted by molar-refractivity contribution is 0.409. The Labute approximate surface area is 299 Å². The standard InChI is InChI=1S/C46H31N5O/c47-28-29-21-23-40-38(25-29)39-27-32(35-18-10-19-37-36-17-7-8-20-42(36)52-43(35)37)22-24-41(39)51(40)34-16-9-15-33(26-34)46-49-44(30-11-3-1-4-12-30)48-45(50-46)31-13-5-2-6-14-31/h1-27,44,46,49H,(H,48,50). The highest BCUT2D eigenvalue weighted by Gasteiger charge is 2.26. The minimum atomic E-state index is -0.296. The van der Waals surface area contributed by atoms with Crippen molar-refractivity contribution in [2.45, 2.75) is 12.3 Å². The molecule has 2 aromatic heterocycles. The topological polar surface area (TPSA) is 78.3 Å². The molecule has 52 heavy (non-hydrogen) atoms. The summed E-state index contributed by atoms with van der Waals surface area (Å²) in [5, 5.41) is 21.6. The average molecular weight is 670 g/mol. The Balaban J connectivity index is 1.12. The average Bonchev–Trinajstić information content (AvgIpc) is 3.76. The Morgan fingerprint density at radius 2 is 1.31 bits per heavy atom. The van der Waals surface area contributed by atoms with Crippen LogP contribution in [0.15, 0.2) is 173 Å². The van der Waals surface area contributed by atoms with Crippen molar-refractivity contribution in [3.05, 3.63) is 186 Å². The van der Waals surface area contributed by atoms with E-state index >= 15 is 0 Å². The number of hydrogen-bond donors (Lipinski definition) is 2. The third-order valence-corrected chi connectivity index (χ3v) is 10.1. The number of fused-ring (bicyclic) bond motifs is 6. The van der Waals surface area contributed by atoms with E-state index in [-0.39, 0.29) is 12.3 Å². The maximum atomic E-state index is 9.91. The summed E-state index contributed by atoms with van der Waals surface area (Å²) in [6, 6.07) is 58.7. The number of aliphatic imine (C=N–C) groups is 1. The predicted octanol–water partition coefficient (Wildman–Crippen LogP) is 10.6. The van der Waals surface area contributed by atoms with Gasteiger partial charge < -0.3 is 14.3 Å². The minimum absolute atomic E-state index is 0.130. The van der Waals surface area contributed by atoms with Crippen LogP contribution in [0.4, 0.5) is 0 Å². The van der Waals surface area contributed by atoms with Crippen molar-refractivity contribution in [1.29, 1.82) is 5.26 Å². The highest BCUT2D eigenvalue weighted by atomic mass is 16.3. The van der Waals surface area contributed by atoms with E-state index in [1.165, 1.54) is 0 Å². The number of para-hydroxylation sites is 2. The van der Waals surface area contributed by atoms with E-state index < -0.39 is 0 Å². The summed E-state index contributed by atoms with van der Waals surface area (Å²) in [4.78, 5) is 5.19. The lowest BCUT2D eigenvalue weighted by Gasteiger charge is -2.32. The van der Waals surface area contributed by atoms with Gasteiger partial charge in [0.2, 0.25) is 0 Å². The van der Waals surface area contributed by atoms with Crippen LogP contribution in [-0.2, 0) is 0 Å². The smallest absolute Gasteiger partial charge is 0.143 e. The van der Waals surface area contributed by atoms with Crippen molar-refractivity contribution in [3.8, 4) is 22.9 Å². The van der Waals surface area contributed by atoms with Gasteiger partial charge in [-0.15, -0.1) is 0 Å². The lowest BCUT2D eigenvalue weighted by atomic mass is 10.00. The third-order valence-electron chi connectivity index (χ3n) is 10.1. The number of furan rings is 1. The first kappa shape index (κ1) is 29.9. The lowest BCUT2D eigenvalue weighted by Crippen LogP contribution is -2.44. The van der Waals surface area contributed by atoms with Crippen LogP contribution in [0.25, 0.3) is 60.6 Å².